The zero-order valence-electron chi connectivity index (χ0n) is 11.1. The average Bonchev–Trinajstić information content (AvgIpc) is 2.20. The number of carbonyl (C=O) groups excluding carboxylic acids is 1. The number of aliphatic carboxylic acids is 1. The predicted molar refractivity (Wildman–Crippen MR) is 60.5 cm³/mol. The number of carboxylic acid groups (broad SMARTS) is 1. The van der Waals surface area contributed by atoms with E-state index in [2.05, 4.69) is 11.8 Å². The summed E-state index contributed by atoms with van der Waals surface area (Å²) >= 11 is 0. The fourth-order valence-corrected chi connectivity index (χ4v) is 1.56. The van der Waals surface area contributed by atoms with Crippen LogP contribution in [-0.2, 0) is 4.79 Å². The number of unbranched alkanes of at least 4 members (excludes halogenated alkanes) is 5. The van der Waals surface area contributed by atoms with Gasteiger partial charge >= 0.3 is 29.6 Å². The molecule has 90 valence electrons. The number of carbonyl (C=O) groups is 1. The van der Waals surface area contributed by atoms with Gasteiger partial charge in [-0.3, -0.25) is 0 Å². The van der Waals surface area contributed by atoms with Gasteiger partial charge in [0.1, 0.15) is 0 Å². The number of carboxylic acids is 1. The van der Waals surface area contributed by atoms with Gasteiger partial charge in [-0.2, -0.15) is 0 Å². The van der Waals surface area contributed by atoms with Crippen molar-refractivity contribution >= 4 is 5.97 Å². The Labute approximate surface area is 122 Å². The quantitative estimate of drug-likeness (QED) is 0.340. The molecule has 0 saturated heterocycles. The maximum Gasteiger partial charge on any atom is 1.00 e. The third-order valence-electron chi connectivity index (χ3n) is 2.59. The summed E-state index contributed by atoms with van der Waals surface area (Å²) in [5.41, 5.74) is 0. The standard InChI is InChI=1S/C12H25NO2.Na/c1-3-4-5-6-7-8-10-13(2)11-9-12(14)15;/h3-11H2,1-2H3,(H,14,15);/q;+1/p-1. The van der Waals surface area contributed by atoms with Gasteiger partial charge in [0.15, 0.2) is 0 Å². The van der Waals surface area contributed by atoms with Crippen molar-refractivity contribution in [3.05, 3.63) is 0 Å². The van der Waals surface area contributed by atoms with E-state index >= 15 is 0 Å². The Balaban J connectivity index is 0. The normalized spacial score (nSPS) is 10.2. The molecule has 3 nitrogen and oxygen atoms in total. The second kappa shape index (κ2) is 13.5. The van der Waals surface area contributed by atoms with Gasteiger partial charge in [-0.25, -0.2) is 0 Å². The number of nitrogens with zero attached hydrogens (tertiary/aromatic N) is 1. The molecule has 0 heterocycles. The summed E-state index contributed by atoms with van der Waals surface area (Å²) in [6.07, 6.45) is 7.84. The summed E-state index contributed by atoms with van der Waals surface area (Å²) in [5, 5.41) is 10.2. The molecule has 0 saturated carbocycles. The van der Waals surface area contributed by atoms with Crippen molar-refractivity contribution in [2.75, 3.05) is 20.1 Å². The molecule has 0 fully saturated rings. The first-order valence-corrected chi connectivity index (χ1v) is 6.05. The summed E-state index contributed by atoms with van der Waals surface area (Å²) in [6, 6.07) is 0. The first kappa shape index (κ1) is 18.8. The number of hydrogen-bond donors (Lipinski definition) is 0. The molecule has 0 aliphatic carbocycles. The summed E-state index contributed by atoms with van der Waals surface area (Å²) < 4.78 is 0. The van der Waals surface area contributed by atoms with E-state index in [-0.39, 0.29) is 36.0 Å². The van der Waals surface area contributed by atoms with Gasteiger partial charge in [-0.1, -0.05) is 39.0 Å². The van der Waals surface area contributed by atoms with Crippen molar-refractivity contribution in [1.82, 2.24) is 4.90 Å². The number of rotatable bonds is 10. The van der Waals surface area contributed by atoms with Crippen LogP contribution in [0.1, 0.15) is 51.9 Å². The van der Waals surface area contributed by atoms with Crippen molar-refractivity contribution in [3.8, 4) is 0 Å². The van der Waals surface area contributed by atoms with E-state index in [1.54, 1.807) is 0 Å². The molecule has 0 aromatic carbocycles. The van der Waals surface area contributed by atoms with Crippen LogP contribution in [0.4, 0.5) is 0 Å². The van der Waals surface area contributed by atoms with Crippen molar-refractivity contribution in [1.29, 1.82) is 0 Å². The molecule has 16 heavy (non-hydrogen) atoms. The van der Waals surface area contributed by atoms with Crippen LogP contribution >= 0.6 is 0 Å². The van der Waals surface area contributed by atoms with Crippen molar-refractivity contribution < 1.29 is 39.5 Å². The Morgan fingerprint density at radius 2 is 1.62 bits per heavy atom. The smallest absolute Gasteiger partial charge is 0.550 e. The van der Waals surface area contributed by atoms with Crippen molar-refractivity contribution in [3.63, 3.8) is 0 Å². The maximum absolute atomic E-state index is 10.2. The van der Waals surface area contributed by atoms with E-state index in [9.17, 15) is 9.90 Å². The Morgan fingerprint density at radius 1 is 1.06 bits per heavy atom. The molecule has 0 aromatic rings. The third kappa shape index (κ3) is 14.4. The van der Waals surface area contributed by atoms with Crippen LogP contribution in [0.3, 0.4) is 0 Å². The van der Waals surface area contributed by atoms with E-state index in [0.29, 0.717) is 6.54 Å². The van der Waals surface area contributed by atoms with Crippen LogP contribution in [0, 0.1) is 0 Å². The van der Waals surface area contributed by atoms with Gasteiger partial charge in [0.05, 0.1) is 0 Å². The molecule has 0 radical (unpaired) electrons. The summed E-state index contributed by atoms with van der Waals surface area (Å²) in [6.45, 7) is 3.82. The monoisotopic (exact) mass is 237 g/mol. The second-order valence-electron chi connectivity index (χ2n) is 4.19. The molecule has 0 bridgehead atoms. The molecule has 0 unspecified atom stereocenters. The SMILES string of the molecule is CCCCCCCCN(C)CCC(=O)[O-].[Na+]. The first-order valence-electron chi connectivity index (χ1n) is 6.05. The van der Waals surface area contributed by atoms with Gasteiger partial charge < -0.3 is 14.8 Å². The third-order valence-corrected chi connectivity index (χ3v) is 2.59. The van der Waals surface area contributed by atoms with Gasteiger partial charge in [0, 0.05) is 12.5 Å². The topological polar surface area (TPSA) is 43.4 Å². The van der Waals surface area contributed by atoms with Gasteiger partial charge in [-0.05, 0) is 26.4 Å². The Bertz CT molecular complexity index is 165. The summed E-state index contributed by atoms with van der Waals surface area (Å²) in [7, 11) is 1.97. The molecule has 0 rings (SSSR count). The van der Waals surface area contributed by atoms with E-state index in [4.69, 9.17) is 0 Å². The van der Waals surface area contributed by atoms with Gasteiger partial charge in [-0.15, -0.1) is 0 Å². The second-order valence-corrected chi connectivity index (χ2v) is 4.19. The molecular weight excluding hydrogens is 213 g/mol. The minimum absolute atomic E-state index is 0. The van der Waals surface area contributed by atoms with Gasteiger partial charge in [0.25, 0.3) is 0 Å². The van der Waals surface area contributed by atoms with Crippen LogP contribution in [0.25, 0.3) is 0 Å². The van der Waals surface area contributed by atoms with E-state index in [1.807, 2.05) is 7.05 Å². The number of hydrogen-bond acceptors (Lipinski definition) is 3. The fraction of sp³-hybridized carbons (Fsp3) is 0.917. The Morgan fingerprint density at radius 3 is 2.19 bits per heavy atom. The van der Waals surface area contributed by atoms with Gasteiger partial charge in [0.2, 0.25) is 0 Å². The Kier molecular flexibility index (Phi) is 15.8. The molecule has 0 atom stereocenters. The van der Waals surface area contributed by atoms with E-state index in [1.165, 1.54) is 38.5 Å². The predicted octanol–water partition coefficient (Wildman–Crippen LogP) is -1.58. The van der Waals surface area contributed by atoms with Crippen molar-refractivity contribution in [2.45, 2.75) is 51.9 Å². The van der Waals surface area contributed by atoms with Crippen LogP contribution in [0.15, 0.2) is 0 Å². The maximum atomic E-state index is 10.2. The molecule has 0 amide bonds. The average molecular weight is 237 g/mol. The summed E-state index contributed by atoms with van der Waals surface area (Å²) in [4.78, 5) is 12.3. The first-order chi connectivity index (χ1) is 7.16. The molecule has 0 aliphatic rings. The molecule has 0 aromatic heterocycles. The molecule has 4 heteroatoms. The molecule has 0 spiro atoms. The van der Waals surface area contributed by atoms with Crippen molar-refractivity contribution in [2.24, 2.45) is 0 Å². The Hall–Kier alpha value is 0.430. The molecule has 0 N–H and O–H groups in total. The molecule has 0 aliphatic heterocycles. The van der Waals surface area contributed by atoms with Crippen LogP contribution < -0.4 is 34.7 Å². The van der Waals surface area contributed by atoms with E-state index in [0.717, 1.165) is 6.54 Å². The zero-order chi connectivity index (χ0) is 11.5. The summed E-state index contributed by atoms with van der Waals surface area (Å²) in [5.74, 6) is -0.954. The van der Waals surface area contributed by atoms with Crippen LogP contribution in [-0.4, -0.2) is 31.0 Å². The minimum atomic E-state index is -0.954. The zero-order valence-corrected chi connectivity index (χ0v) is 13.1. The van der Waals surface area contributed by atoms with E-state index < -0.39 is 5.97 Å². The van der Waals surface area contributed by atoms with Crippen LogP contribution in [0.5, 0.6) is 0 Å². The fourth-order valence-electron chi connectivity index (χ4n) is 1.56. The largest absolute Gasteiger partial charge is 1.00 e. The van der Waals surface area contributed by atoms with Crippen LogP contribution in [0.2, 0.25) is 0 Å². The molecular formula is C12H24NNaO2. The minimum Gasteiger partial charge on any atom is -0.550 e.